The highest BCUT2D eigenvalue weighted by Crippen LogP contribution is 2.27. The molecule has 0 fully saturated rings. The number of hydrogen-bond donors (Lipinski definition) is 0. The molecule has 2 aromatic carbocycles. The topological polar surface area (TPSA) is 77.8 Å². The van der Waals surface area contributed by atoms with Crippen LogP contribution in [0.2, 0.25) is 5.02 Å². The third-order valence-corrected chi connectivity index (χ3v) is 4.92. The van der Waals surface area contributed by atoms with E-state index in [0.29, 0.717) is 33.6 Å². The van der Waals surface area contributed by atoms with Gasteiger partial charge in [0, 0.05) is 20.6 Å². The lowest BCUT2D eigenvalue weighted by molar-refractivity contribution is 0.425. The van der Waals surface area contributed by atoms with Crippen molar-refractivity contribution in [3.63, 3.8) is 0 Å². The van der Waals surface area contributed by atoms with Crippen LogP contribution in [0.4, 0.5) is 0 Å². The minimum atomic E-state index is 0.442. The molecule has 0 N–H and O–H groups in total. The number of halogens is 2. The van der Waals surface area contributed by atoms with Gasteiger partial charge in [0.2, 0.25) is 5.89 Å². The minimum absolute atomic E-state index is 0.442. The maximum Gasteiger partial charge on any atom is 0.277 e. The lowest BCUT2D eigenvalue weighted by atomic mass is 10.2. The Morgan fingerprint density at radius 2 is 1.85 bits per heavy atom. The Kier molecular flexibility index (Phi) is 5.05. The second-order valence-corrected chi connectivity index (χ2v) is 7.47. The van der Waals surface area contributed by atoms with Gasteiger partial charge in [-0.2, -0.15) is 4.98 Å². The van der Waals surface area contributed by atoms with Gasteiger partial charge in [-0.1, -0.05) is 50.5 Å². The Bertz CT molecular complexity index is 1040. The van der Waals surface area contributed by atoms with Crippen LogP contribution in [0.3, 0.4) is 0 Å². The molecule has 2 heterocycles. The molecule has 0 aliphatic carbocycles. The molecule has 4 rings (SSSR count). The number of hydrogen-bond acceptors (Lipinski definition) is 7. The van der Waals surface area contributed by atoms with Crippen LogP contribution in [-0.2, 0) is 5.75 Å². The molecule has 0 unspecified atom stereocenters. The number of nitrogens with zero attached hydrogens (tertiary/aromatic N) is 4. The summed E-state index contributed by atoms with van der Waals surface area (Å²) in [6.45, 7) is 0. The third kappa shape index (κ3) is 3.98. The normalized spacial score (nSPS) is 11.0. The fraction of sp³-hybridized carbons (Fsp3) is 0.0588. The summed E-state index contributed by atoms with van der Waals surface area (Å²) in [5.74, 6) is 1.90. The Labute approximate surface area is 166 Å². The van der Waals surface area contributed by atoms with E-state index in [1.54, 1.807) is 12.1 Å². The van der Waals surface area contributed by atoms with Gasteiger partial charge in [-0.25, -0.2) is 0 Å². The summed E-state index contributed by atoms with van der Waals surface area (Å²) in [5, 5.41) is 13.2. The zero-order valence-electron chi connectivity index (χ0n) is 13.1. The molecule has 2 aromatic heterocycles. The summed E-state index contributed by atoms with van der Waals surface area (Å²) in [4.78, 5) is 4.36. The molecule has 26 heavy (non-hydrogen) atoms. The Morgan fingerprint density at radius 1 is 1.00 bits per heavy atom. The molecule has 9 heteroatoms. The number of benzene rings is 2. The van der Waals surface area contributed by atoms with Crippen LogP contribution >= 0.6 is 39.3 Å². The van der Waals surface area contributed by atoms with Gasteiger partial charge in [-0.05, 0) is 42.5 Å². The van der Waals surface area contributed by atoms with E-state index in [-0.39, 0.29) is 0 Å². The quantitative estimate of drug-likeness (QED) is 0.372. The van der Waals surface area contributed by atoms with Gasteiger partial charge in [0.25, 0.3) is 11.1 Å². The minimum Gasteiger partial charge on any atom is -0.411 e. The van der Waals surface area contributed by atoms with E-state index in [4.69, 9.17) is 20.5 Å². The summed E-state index contributed by atoms with van der Waals surface area (Å²) in [6.07, 6.45) is 0. The van der Waals surface area contributed by atoms with Crippen LogP contribution in [0.15, 0.2) is 67.2 Å². The first-order valence-electron chi connectivity index (χ1n) is 7.48. The maximum absolute atomic E-state index is 5.88. The predicted octanol–water partition coefficient (Wildman–Crippen LogP) is 5.49. The van der Waals surface area contributed by atoms with Gasteiger partial charge < -0.3 is 8.94 Å². The molecular weight excluding hydrogens is 440 g/mol. The van der Waals surface area contributed by atoms with Crippen molar-refractivity contribution in [2.45, 2.75) is 11.0 Å². The Balaban J connectivity index is 1.43. The molecule has 0 atom stereocenters. The molecule has 4 aromatic rings. The van der Waals surface area contributed by atoms with Crippen molar-refractivity contribution in [2.75, 3.05) is 0 Å². The molecule has 0 saturated heterocycles. The van der Waals surface area contributed by atoms with Crippen molar-refractivity contribution in [3.8, 4) is 22.9 Å². The van der Waals surface area contributed by atoms with E-state index < -0.39 is 0 Å². The zero-order valence-corrected chi connectivity index (χ0v) is 16.3. The molecule has 130 valence electrons. The van der Waals surface area contributed by atoms with E-state index in [1.165, 1.54) is 11.8 Å². The van der Waals surface area contributed by atoms with Crippen LogP contribution in [0.1, 0.15) is 5.82 Å². The summed E-state index contributed by atoms with van der Waals surface area (Å²) < 4.78 is 11.9. The Morgan fingerprint density at radius 3 is 2.65 bits per heavy atom. The lowest BCUT2D eigenvalue weighted by Crippen LogP contribution is -1.84. The number of rotatable bonds is 5. The first-order valence-corrected chi connectivity index (χ1v) is 9.64. The van der Waals surface area contributed by atoms with E-state index in [9.17, 15) is 0 Å². The largest absolute Gasteiger partial charge is 0.411 e. The number of aromatic nitrogens is 4. The van der Waals surface area contributed by atoms with Gasteiger partial charge in [0.15, 0.2) is 5.82 Å². The smallest absolute Gasteiger partial charge is 0.277 e. The third-order valence-electron chi connectivity index (χ3n) is 3.36. The molecular formula is C17H10BrClN4O2S. The van der Waals surface area contributed by atoms with Crippen molar-refractivity contribution in [3.05, 3.63) is 63.9 Å². The highest BCUT2D eigenvalue weighted by molar-refractivity contribution is 9.10. The van der Waals surface area contributed by atoms with E-state index in [1.807, 2.05) is 36.4 Å². The van der Waals surface area contributed by atoms with Gasteiger partial charge >= 0.3 is 0 Å². The van der Waals surface area contributed by atoms with Gasteiger partial charge in [-0.15, -0.1) is 10.2 Å². The van der Waals surface area contributed by atoms with Gasteiger partial charge in [-0.3, -0.25) is 0 Å². The highest BCUT2D eigenvalue weighted by Gasteiger charge is 2.13. The molecule has 0 saturated carbocycles. The predicted molar refractivity (Wildman–Crippen MR) is 102 cm³/mol. The Hall–Kier alpha value is -2.16. The molecule has 0 bridgehead atoms. The second-order valence-electron chi connectivity index (χ2n) is 5.19. The lowest BCUT2D eigenvalue weighted by Gasteiger charge is -1.95. The van der Waals surface area contributed by atoms with E-state index in [2.05, 4.69) is 36.3 Å². The number of thioether (sulfide) groups is 1. The van der Waals surface area contributed by atoms with E-state index >= 15 is 0 Å². The average Bonchev–Trinajstić information content (AvgIpc) is 3.30. The van der Waals surface area contributed by atoms with Gasteiger partial charge in [0.1, 0.15) is 0 Å². The summed E-state index contributed by atoms with van der Waals surface area (Å²) in [6, 6.07) is 14.9. The summed E-state index contributed by atoms with van der Waals surface area (Å²) in [7, 11) is 0. The fourth-order valence-corrected chi connectivity index (χ4v) is 3.29. The summed E-state index contributed by atoms with van der Waals surface area (Å²) in [5.41, 5.74) is 1.66. The van der Waals surface area contributed by atoms with Crippen molar-refractivity contribution in [2.24, 2.45) is 0 Å². The second kappa shape index (κ2) is 7.61. The van der Waals surface area contributed by atoms with Crippen LogP contribution in [0, 0.1) is 0 Å². The van der Waals surface area contributed by atoms with Crippen molar-refractivity contribution in [1.29, 1.82) is 0 Å². The van der Waals surface area contributed by atoms with E-state index in [0.717, 1.165) is 15.6 Å². The molecule has 0 radical (unpaired) electrons. The first kappa shape index (κ1) is 17.3. The molecule has 0 spiro atoms. The first-order chi connectivity index (χ1) is 12.7. The molecule has 0 amide bonds. The van der Waals surface area contributed by atoms with Crippen molar-refractivity contribution in [1.82, 2.24) is 20.3 Å². The van der Waals surface area contributed by atoms with Crippen molar-refractivity contribution < 1.29 is 8.94 Å². The zero-order chi connectivity index (χ0) is 17.9. The SMILES string of the molecule is Clc1ccc(-c2nc(CSc3nnc(-c4cccc(Br)c4)o3)no2)cc1. The average molecular weight is 450 g/mol. The fourth-order valence-electron chi connectivity index (χ4n) is 2.15. The highest BCUT2D eigenvalue weighted by atomic mass is 79.9. The standard InChI is InChI=1S/C17H10BrClN4O2S/c18-12-3-1-2-11(8-12)16-21-22-17(24-16)26-9-14-20-15(25-23-14)10-4-6-13(19)7-5-10/h1-8H,9H2. The molecule has 6 nitrogen and oxygen atoms in total. The van der Waals surface area contributed by atoms with Crippen molar-refractivity contribution >= 4 is 39.3 Å². The van der Waals surface area contributed by atoms with Crippen LogP contribution in [-0.4, -0.2) is 20.3 Å². The van der Waals surface area contributed by atoms with Crippen LogP contribution in [0.25, 0.3) is 22.9 Å². The maximum atomic E-state index is 5.88. The van der Waals surface area contributed by atoms with Gasteiger partial charge in [0.05, 0.1) is 5.75 Å². The van der Waals surface area contributed by atoms with Crippen LogP contribution in [0.5, 0.6) is 0 Å². The molecule has 0 aliphatic heterocycles. The monoisotopic (exact) mass is 448 g/mol. The van der Waals surface area contributed by atoms with Crippen LogP contribution < -0.4 is 0 Å². The molecule has 0 aliphatic rings. The summed E-state index contributed by atoms with van der Waals surface area (Å²) >= 11 is 10.7.